The van der Waals surface area contributed by atoms with Crippen molar-refractivity contribution in [3.63, 3.8) is 0 Å². The van der Waals surface area contributed by atoms with Crippen molar-refractivity contribution in [3.05, 3.63) is 138 Å². The van der Waals surface area contributed by atoms with Crippen LogP contribution >= 0.6 is 0 Å². The third-order valence-electron chi connectivity index (χ3n) is 7.71. The SMILES string of the molecule is [Pt+2].c1ccc(Oc2cccc3c2[n-]c2c(-c4cccc(-c5cccc6c5[N-]c5ccccc5CC6)n4)cccc23)nc1. The standard InChI is InChI=1S/C36H24N4O.Pt/c1-2-15-29-23(9-1)20-21-24-10-5-13-27(34(24)39-29)30-16-8-17-31(38-30)28-14-6-11-25-26-12-7-18-32(36(26)40-35(25)28)41-33-19-3-4-22-37-33;/h1-19,22H,20-21H2;/q-2;+2. The van der Waals surface area contributed by atoms with E-state index in [-0.39, 0.29) is 21.1 Å². The molecule has 4 aromatic carbocycles. The van der Waals surface area contributed by atoms with Crippen LogP contribution < -0.4 is 9.72 Å². The Hall–Kier alpha value is -4.73. The topological polar surface area (TPSA) is 63.2 Å². The Kier molecular flexibility index (Phi) is 6.81. The molecule has 0 fully saturated rings. The van der Waals surface area contributed by atoms with Crippen LogP contribution in [0.15, 0.2) is 121 Å². The molecule has 0 unspecified atom stereocenters. The summed E-state index contributed by atoms with van der Waals surface area (Å²) in [6.45, 7) is 0. The van der Waals surface area contributed by atoms with Crippen molar-refractivity contribution in [3.8, 4) is 34.1 Å². The van der Waals surface area contributed by atoms with Crippen molar-refractivity contribution in [1.29, 1.82) is 0 Å². The Morgan fingerprint density at radius 2 is 1.29 bits per heavy atom. The molecule has 0 bridgehead atoms. The van der Waals surface area contributed by atoms with E-state index in [0.717, 1.165) is 68.5 Å². The first-order chi connectivity index (χ1) is 20.3. The number of para-hydroxylation sites is 4. The molecule has 0 spiro atoms. The van der Waals surface area contributed by atoms with Crippen molar-refractivity contribution in [2.24, 2.45) is 0 Å². The number of aryl methyl sites for hydroxylation is 2. The number of hydrogen-bond donors (Lipinski definition) is 0. The van der Waals surface area contributed by atoms with Crippen LogP contribution in [0.3, 0.4) is 0 Å². The molecule has 4 heterocycles. The largest absolute Gasteiger partial charge is 2.00 e. The minimum Gasteiger partial charge on any atom is -0.657 e. The van der Waals surface area contributed by atoms with E-state index in [1.54, 1.807) is 6.20 Å². The summed E-state index contributed by atoms with van der Waals surface area (Å²) in [7, 11) is 0. The van der Waals surface area contributed by atoms with Gasteiger partial charge in [0.05, 0.1) is 11.4 Å². The minimum atomic E-state index is 0. The van der Waals surface area contributed by atoms with Crippen LogP contribution in [0.4, 0.5) is 11.4 Å². The van der Waals surface area contributed by atoms with Gasteiger partial charge in [-0.1, -0.05) is 102 Å². The molecule has 8 rings (SSSR count). The molecule has 0 N–H and O–H groups in total. The van der Waals surface area contributed by atoms with Crippen molar-refractivity contribution in [1.82, 2.24) is 15.0 Å². The molecule has 6 heteroatoms. The zero-order valence-corrected chi connectivity index (χ0v) is 24.7. The second kappa shape index (κ2) is 10.9. The number of ether oxygens (including phenoxy) is 1. The Labute approximate surface area is 257 Å². The first-order valence-corrected chi connectivity index (χ1v) is 13.8. The molecule has 0 saturated carbocycles. The van der Waals surface area contributed by atoms with Gasteiger partial charge in [-0.05, 0) is 59.0 Å². The molecule has 0 radical (unpaired) electrons. The van der Waals surface area contributed by atoms with E-state index in [4.69, 9.17) is 20.0 Å². The van der Waals surface area contributed by atoms with Crippen LogP contribution in [0.25, 0.3) is 49.6 Å². The molecule has 0 aliphatic carbocycles. The van der Waals surface area contributed by atoms with Crippen molar-refractivity contribution >= 4 is 33.2 Å². The Morgan fingerprint density at radius 3 is 2.17 bits per heavy atom. The molecule has 42 heavy (non-hydrogen) atoms. The summed E-state index contributed by atoms with van der Waals surface area (Å²) in [6.07, 6.45) is 3.66. The normalized spacial score (nSPS) is 12.1. The Balaban J connectivity index is 0.00000288. The molecule has 3 aromatic heterocycles. The molecule has 0 saturated heterocycles. The maximum absolute atomic E-state index is 6.13. The Morgan fingerprint density at radius 1 is 0.595 bits per heavy atom. The molecule has 7 aromatic rings. The van der Waals surface area contributed by atoms with Crippen molar-refractivity contribution < 1.29 is 25.8 Å². The van der Waals surface area contributed by atoms with E-state index in [1.165, 1.54) is 11.1 Å². The third-order valence-corrected chi connectivity index (χ3v) is 7.71. The monoisotopic (exact) mass is 723 g/mol. The molecule has 0 atom stereocenters. The average Bonchev–Trinajstić information content (AvgIpc) is 3.31. The van der Waals surface area contributed by atoms with E-state index in [0.29, 0.717) is 11.6 Å². The predicted molar refractivity (Wildman–Crippen MR) is 164 cm³/mol. The van der Waals surface area contributed by atoms with Crippen LogP contribution in [-0.2, 0) is 33.9 Å². The first kappa shape index (κ1) is 26.2. The summed E-state index contributed by atoms with van der Waals surface area (Å²) < 4.78 is 6.13. The van der Waals surface area contributed by atoms with Gasteiger partial charge in [-0.15, -0.1) is 16.9 Å². The van der Waals surface area contributed by atoms with Crippen LogP contribution in [0.1, 0.15) is 11.1 Å². The summed E-state index contributed by atoms with van der Waals surface area (Å²) in [5, 5.41) is 7.24. The summed E-state index contributed by atoms with van der Waals surface area (Å²) in [5.74, 6) is 1.22. The third kappa shape index (κ3) is 4.56. The van der Waals surface area contributed by atoms with Gasteiger partial charge in [-0.25, -0.2) is 9.97 Å². The number of nitrogens with zero attached hydrogens (tertiary/aromatic N) is 4. The predicted octanol–water partition coefficient (Wildman–Crippen LogP) is 9.30. The van der Waals surface area contributed by atoms with Gasteiger partial charge in [0, 0.05) is 12.3 Å². The van der Waals surface area contributed by atoms with Crippen LogP contribution in [0.5, 0.6) is 11.6 Å². The van der Waals surface area contributed by atoms with Gasteiger partial charge in [0.1, 0.15) is 5.75 Å². The van der Waals surface area contributed by atoms with E-state index < -0.39 is 0 Å². The quantitative estimate of drug-likeness (QED) is 0.182. The van der Waals surface area contributed by atoms with Gasteiger partial charge in [-0.3, -0.25) is 0 Å². The fourth-order valence-corrected chi connectivity index (χ4v) is 5.74. The molecular formula is C36H24N4OPt. The number of benzene rings is 4. The van der Waals surface area contributed by atoms with Gasteiger partial charge >= 0.3 is 21.1 Å². The number of fused-ring (bicyclic) bond motifs is 5. The smallest absolute Gasteiger partial charge is 0.657 e. The molecular weight excluding hydrogens is 700 g/mol. The van der Waals surface area contributed by atoms with Crippen molar-refractivity contribution in [2.45, 2.75) is 12.8 Å². The van der Waals surface area contributed by atoms with Crippen LogP contribution in [-0.4, -0.2) is 9.97 Å². The first-order valence-electron chi connectivity index (χ1n) is 13.8. The second-order valence-electron chi connectivity index (χ2n) is 10.2. The maximum Gasteiger partial charge on any atom is 2.00 e. The number of hydrogen-bond acceptors (Lipinski definition) is 3. The Bertz CT molecular complexity index is 2070. The van der Waals surface area contributed by atoms with Crippen LogP contribution in [0, 0.1) is 0 Å². The number of aromatic nitrogens is 3. The van der Waals surface area contributed by atoms with Crippen LogP contribution in [0.2, 0.25) is 0 Å². The fourth-order valence-electron chi connectivity index (χ4n) is 5.74. The van der Waals surface area contributed by atoms with E-state index in [2.05, 4.69) is 89.9 Å². The van der Waals surface area contributed by atoms with E-state index in [9.17, 15) is 0 Å². The molecule has 204 valence electrons. The molecule has 0 amide bonds. The fraction of sp³-hybridized carbons (Fsp3) is 0.0556. The van der Waals surface area contributed by atoms with Gasteiger partial charge in [0.15, 0.2) is 0 Å². The molecule has 1 aliphatic heterocycles. The van der Waals surface area contributed by atoms with Gasteiger partial charge < -0.3 is 15.0 Å². The van der Waals surface area contributed by atoms with Gasteiger partial charge in [-0.2, -0.15) is 0 Å². The average molecular weight is 724 g/mol. The second-order valence-corrected chi connectivity index (χ2v) is 10.2. The number of pyridine rings is 2. The van der Waals surface area contributed by atoms with Gasteiger partial charge in [0.2, 0.25) is 5.88 Å². The zero-order valence-electron chi connectivity index (χ0n) is 22.5. The zero-order chi connectivity index (χ0) is 27.2. The molecule has 5 nitrogen and oxygen atoms in total. The van der Waals surface area contributed by atoms with E-state index in [1.807, 2.05) is 30.3 Å². The summed E-state index contributed by atoms with van der Waals surface area (Å²) in [4.78, 5) is 14.6. The number of rotatable bonds is 4. The summed E-state index contributed by atoms with van der Waals surface area (Å²) >= 11 is 0. The summed E-state index contributed by atoms with van der Waals surface area (Å²) in [5.41, 5.74) is 10.1. The minimum absolute atomic E-state index is 0. The summed E-state index contributed by atoms with van der Waals surface area (Å²) in [6, 6.07) is 38.9. The van der Waals surface area contributed by atoms with E-state index >= 15 is 0 Å². The molecule has 1 aliphatic rings. The maximum atomic E-state index is 6.13. The van der Waals surface area contributed by atoms with Crippen molar-refractivity contribution in [2.75, 3.05) is 0 Å². The van der Waals surface area contributed by atoms with Gasteiger partial charge in [0.25, 0.3) is 0 Å².